The topological polar surface area (TPSA) is 49.7 Å². The molecule has 0 bridgehead atoms. The quantitative estimate of drug-likeness (QED) is 0.862. The van der Waals surface area contributed by atoms with E-state index in [0.29, 0.717) is 6.54 Å². The molecule has 1 aliphatic rings. The Bertz CT molecular complexity index is 639. The fourth-order valence-electron chi connectivity index (χ4n) is 1.88. The van der Waals surface area contributed by atoms with Crippen molar-refractivity contribution in [3.63, 3.8) is 0 Å². The number of nitrogens with zero attached hydrogens (tertiary/aromatic N) is 2. The molecule has 0 N–H and O–H groups in total. The first-order valence-electron chi connectivity index (χ1n) is 6.04. The lowest BCUT2D eigenvalue weighted by Gasteiger charge is -2.25. The number of benzene rings is 1. The number of fused-ring (bicyclic) bond motifs is 1. The molecular weight excluding hydrogens is 293 g/mol. The van der Waals surface area contributed by atoms with Crippen LogP contribution < -0.4 is 4.90 Å². The molecule has 8 heteroatoms. The number of hydrogen-bond donors (Lipinski definition) is 0. The first kappa shape index (κ1) is 14.8. The van der Waals surface area contributed by atoms with Crippen molar-refractivity contribution in [2.75, 3.05) is 11.4 Å². The molecule has 2 rings (SSSR count). The van der Waals surface area contributed by atoms with Gasteiger partial charge in [-0.2, -0.15) is 21.6 Å². The fourth-order valence-corrected chi connectivity index (χ4v) is 2.91. The number of alkyl halides is 3. The lowest BCUT2D eigenvalue weighted by Crippen LogP contribution is -2.28. The van der Waals surface area contributed by atoms with E-state index in [1.807, 2.05) is 6.92 Å². The Morgan fingerprint density at radius 3 is 2.60 bits per heavy atom. The Balaban J connectivity index is 2.52. The van der Waals surface area contributed by atoms with Crippen molar-refractivity contribution in [3.8, 4) is 0 Å². The second-order valence-corrected chi connectivity index (χ2v) is 6.02. The van der Waals surface area contributed by atoms with Crippen LogP contribution in [0.2, 0.25) is 0 Å². The van der Waals surface area contributed by atoms with Crippen LogP contribution in [0.4, 0.5) is 18.9 Å². The number of rotatable bonds is 3. The molecule has 0 spiro atoms. The van der Waals surface area contributed by atoms with Gasteiger partial charge in [0, 0.05) is 6.54 Å². The highest BCUT2D eigenvalue weighted by Gasteiger charge is 2.34. The lowest BCUT2D eigenvalue weighted by atomic mass is 10.1. The normalized spacial score (nSPS) is 17.1. The van der Waals surface area contributed by atoms with Crippen molar-refractivity contribution in [3.05, 3.63) is 23.8 Å². The minimum Gasteiger partial charge on any atom is -0.331 e. The molecule has 0 aromatic heterocycles. The average Bonchev–Trinajstić information content (AvgIpc) is 2.36. The van der Waals surface area contributed by atoms with Gasteiger partial charge in [0.2, 0.25) is 0 Å². The SMILES string of the molecule is CCCCN1C=NS(=O)(=O)c2ccc(C(F)(F)F)cc21. The van der Waals surface area contributed by atoms with Crippen LogP contribution in [-0.2, 0) is 16.2 Å². The van der Waals surface area contributed by atoms with Crippen LogP contribution in [0.1, 0.15) is 25.3 Å². The van der Waals surface area contributed by atoms with E-state index in [1.165, 1.54) is 4.90 Å². The summed E-state index contributed by atoms with van der Waals surface area (Å²) in [5.74, 6) is 0. The molecule has 20 heavy (non-hydrogen) atoms. The van der Waals surface area contributed by atoms with E-state index in [0.717, 1.165) is 37.4 Å². The molecule has 1 heterocycles. The van der Waals surface area contributed by atoms with Gasteiger partial charge in [-0.25, -0.2) is 0 Å². The summed E-state index contributed by atoms with van der Waals surface area (Å²) in [6.45, 7) is 2.36. The van der Waals surface area contributed by atoms with Crippen LogP contribution in [0, 0.1) is 0 Å². The van der Waals surface area contributed by atoms with Crippen molar-refractivity contribution in [2.45, 2.75) is 30.8 Å². The molecule has 1 aromatic carbocycles. The molecule has 0 aliphatic carbocycles. The van der Waals surface area contributed by atoms with Crippen molar-refractivity contribution in [2.24, 2.45) is 4.40 Å². The summed E-state index contributed by atoms with van der Waals surface area (Å²) < 4.78 is 65.1. The summed E-state index contributed by atoms with van der Waals surface area (Å²) >= 11 is 0. The molecule has 0 saturated carbocycles. The smallest absolute Gasteiger partial charge is 0.331 e. The third-order valence-corrected chi connectivity index (χ3v) is 4.22. The van der Waals surface area contributed by atoms with Crippen LogP contribution >= 0.6 is 0 Å². The van der Waals surface area contributed by atoms with Gasteiger partial charge >= 0.3 is 6.18 Å². The van der Waals surface area contributed by atoms with Crippen molar-refractivity contribution >= 4 is 22.0 Å². The zero-order chi connectivity index (χ0) is 15.0. The van der Waals surface area contributed by atoms with E-state index in [-0.39, 0.29) is 10.6 Å². The van der Waals surface area contributed by atoms with E-state index in [4.69, 9.17) is 0 Å². The zero-order valence-electron chi connectivity index (χ0n) is 10.7. The monoisotopic (exact) mass is 306 g/mol. The van der Waals surface area contributed by atoms with Gasteiger partial charge in [-0.15, -0.1) is 4.40 Å². The summed E-state index contributed by atoms with van der Waals surface area (Å²) in [5.41, 5.74) is -0.841. The molecule has 0 fully saturated rings. The highest BCUT2D eigenvalue weighted by atomic mass is 32.2. The third-order valence-electron chi connectivity index (χ3n) is 2.95. The maximum Gasteiger partial charge on any atom is 0.416 e. The molecule has 1 aromatic rings. The Kier molecular flexibility index (Phi) is 3.77. The minimum absolute atomic E-state index is 0.0308. The van der Waals surface area contributed by atoms with Crippen molar-refractivity contribution < 1.29 is 21.6 Å². The van der Waals surface area contributed by atoms with Crippen LogP contribution in [0.3, 0.4) is 0 Å². The first-order valence-corrected chi connectivity index (χ1v) is 7.48. The predicted octanol–water partition coefficient (Wildman–Crippen LogP) is 3.04. The summed E-state index contributed by atoms with van der Waals surface area (Å²) in [5, 5.41) is 0. The van der Waals surface area contributed by atoms with E-state index < -0.39 is 21.8 Å². The van der Waals surface area contributed by atoms with Gasteiger partial charge in [-0.1, -0.05) is 13.3 Å². The molecule has 0 atom stereocenters. The second kappa shape index (κ2) is 5.08. The van der Waals surface area contributed by atoms with E-state index >= 15 is 0 Å². The van der Waals surface area contributed by atoms with Gasteiger partial charge in [0.1, 0.15) is 11.2 Å². The number of unbranched alkanes of at least 4 members (excludes halogenated alkanes) is 1. The number of anilines is 1. The predicted molar refractivity (Wildman–Crippen MR) is 69.4 cm³/mol. The molecule has 0 amide bonds. The van der Waals surface area contributed by atoms with Gasteiger partial charge in [0.15, 0.2) is 0 Å². The molecule has 4 nitrogen and oxygen atoms in total. The van der Waals surface area contributed by atoms with Gasteiger partial charge in [-0.3, -0.25) is 0 Å². The molecule has 1 aliphatic heterocycles. The highest BCUT2D eigenvalue weighted by Crippen LogP contribution is 2.36. The number of hydrogen-bond acceptors (Lipinski definition) is 3. The van der Waals surface area contributed by atoms with Gasteiger partial charge in [0.25, 0.3) is 10.0 Å². The van der Waals surface area contributed by atoms with E-state index in [9.17, 15) is 21.6 Å². The molecular formula is C12H13F3N2O2S. The van der Waals surface area contributed by atoms with E-state index in [1.54, 1.807) is 0 Å². The Hall–Kier alpha value is -1.57. The molecule has 110 valence electrons. The summed E-state index contributed by atoms with van der Waals surface area (Å²) in [6.07, 6.45) is -1.87. The highest BCUT2D eigenvalue weighted by molar-refractivity contribution is 7.90. The van der Waals surface area contributed by atoms with Gasteiger partial charge in [0.05, 0.1) is 11.3 Å². The van der Waals surface area contributed by atoms with Crippen LogP contribution in [0.15, 0.2) is 27.5 Å². The first-order chi connectivity index (χ1) is 9.25. The number of halogens is 3. The fraction of sp³-hybridized carbons (Fsp3) is 0.417. The van der Waals surface area contributed by atoms with Crippen molar-refractivity contribution in [1.82, 2.24) is 0 Å². The standard InChI is InChI=1S/C12H13F3N2O2S/c1-2-3-6-17-8-16-20(18,19)11-5-4-9(7-10(11)17)12(13,14)15/h4-5,7-8H,2-3,6H2,1H3. The molecule has 0 saturated heterocycles. The van der Waals surface area contributed by atoms with Crippen LogP contribution in [0.5, 0.6) is 0 Å². The lowest BCUT2D eigenvalue weighted by molar-refractivity contribution is -0.137. The summed E-state index contributed by atoms with van der Waals surface area (Å²) in [6, 6.07) is 2.58. The van der Waals surface area contributed by atoms with Gasteiger partial charge in [-0.05, 0) is 24.6 Å². The number of sulfonamides is 1. The largest absolute Gasteiger partial charge is 0.416 e. The maximum atomic E-state index is 12.7. The average molecular weight is 306 g/mol. The van der Waals surface area contributed by atoms with E-state index in [2.05, 4.69) is 4.40 Å². The second-order valence-electron chi connectivity index (χ2n) is 4.42. The van der Waals surface area contributed by atoms with Crippen molar-refractivity contribution in [1.29, 1.82) is 0 Å². The molecule has 0 unspecified atom stereocenters. The Morgan fingerprint density at radius 1 is 1.30 bits per heavy atom. The summed E-state index contributed by atoms with van der Waals surface area (Å²) in [7, 11) is -3.90. The maximum absolute atomic E-state index is 12.7. The Morgan fingerprint density at radius 2 is 2.00 bits per heavy atom. The zero-order valence-corrected chi connectivity index (χ0v) is 11.5. The van der Waals surface area contributed by atoms with Crippen LogP contribution in [0.25, 0.3) is 0 Å². The summed E-state index contributed by atoms with van der Waals surface area (Å²) in [4.78, 5) is 1.25. The van der Waals surface area contributed by atoms with Crippen LogP contribution in [-0.4, -0.2) is 21.3 Å². The Labute approximate surface area is 115 Å². The third kappa shape index (κ3) is 2.79. The minimum atomic E-state index is -4.51. The molecule has 0 radical (unpaired) electrons. The van der Waals surface area contributed by atoms with Gasteiger partial charge < -0.3 is 4.90 Å².